The number of esters is 1. The summed E-state index contributed by atoms with van der Waals surface area (Å²) in [4.78, 5) is 82.9. The lowest BCUT2D eigenvalue weighted by Gasteiger charge is -2.56. The average Bonchev–Trinajstić information content (AvgIpc) is 3.09. The van der Waals surface area contributed by atoms with Crippen LogP contribution in [0, 0.1) is 17.6 Å². The minimum atomic E-state index is -3.14. The Morgan fingerprint density at radius 1 is 1.02 bits per heavy atom. The SMILES string of the molecule is CN(C)c1cc(NC(=O)CN(C(=O)OCOC(=O)c2c(F)cccc2F)C(C)(C)C)c(O)c2c1C[C@H]1C[C@@]3(N)[C@H](N(C)C)C(=O)C(C(N)=O)=C(O)[C@@]3(O)C(=O)C1=C2O. The zero-order chi connectivity index (χ0) is 43.6. The standard InChI is InChI=1S/C38H44F2N6O12/c1-36(2,3)46(35(55)58-15-57-34(54)25-18(39)9-8-10-19(25)40)14-22(47)43-20-12-21(44(4)5)17-11-16-13-37(42)30(45(6)7)29(50)26(33(41)53)32(52)38(37,56)31(51)23(16)28(49)24(17)27(20)48/h8-10,12,16,30,48-49,52,56H,11,13-15,42H2,1-7H3,(H2,41,53)(H,43,47)/t16-,30+,37+,38-/m0/s1. The third-order valence-corrected chi connectivity index (χ3v) is 10.5. The van der Waals surface area contributed by atoms with Gasteiger partial charge in [0.15, 0.2) is 11.5 Å². The van der Waals surface area contributed by atoms with Crippen LogP contribution in [0.15, 0.2) is 41.2 Å². The molecule has 3 amide bonds. The van der Waals surface area contributed by atoms with Crippen LogP contribution in [-0.4, -0.2) is 130 Å². The molecule has 5 rings (SSSR count). The number of ether oxygens (including phenoxy) is 2. The summed E-state index contributed by atoms with van der Waals surface area (Å²) in [7, 11) is 6.06. The fourth-order valence-corrected chi connectivity index (χ4v) is 7.88. The number of anilines is 2. The van der Waals surface area contributed by atoms with Crippen molar-refractivity contribution in [3.8, 4) is 5.75 Å². The number of fused-ring (bicyclic) bond motifs is 3. The normalized spacial score (nSPS) is 22.8. The van der Waals surface area contributed by atoms with Gasteiger partial charge in [0.25, 0.3) is 5.91 Å². The molecular formula is C38H44F2N6O12. The summed E-state index contributed by atoms with van der Waals surface area (Å²) in [5.74, 6) is -12.5. The van der Waals surface area contributed by atoms with Crippen molar-refractivity contribution in [2.24, 2.45) is 17.4 Å². The van der Waals surface area contributed by atoms with E-state index < -0.39 is 123 Å². The maximum atomic E-state index is 14.4. The largest absolute Gasteiger partial charge is 0.508 e. The molecule has 3 aliphatic rings. The van der Waals surface area contributed by atoms with Gasteiger partial charge in [-0.25, -0.2) is 18.4 Å². The van der Waals surface area contributed by atoms with E-state index in [1.807, 2.05) is 0 Å². The molecule has 3 aliphatic carbocycles. The quantitative estimate of drug-likeness (QED) is 0.0816. The molecular weight excluding hydrogens is 770 g/mol. The van der Waals surface area contributed by atoms with Crippen molar-refractivity contribution in [2.45, 2.75) is 56.3 Å². The molecule has 0 saturated heterocycles. The van der Waals surface area contributed by atoms with E-state index in [0.717, 1.165) is 23.1 Å². The van der Waals surface area contributed by atoms with Gasteiger partial charge in [0.05, 0.1) is 22.8 Å². The van der Waals surface area contributed by atoms with Gasteiger partial charge >= 0.3 is 12.1 Å². The number of nitrogens with one attached hydrogen (secondary N) is 1. The van der Waals surface area contributed by atoms with Crippen LogP contribution >= 0.6 is 0 Å². The van der Waals surface area contributed by atoms with Crippen molar-refractivity contribution in [2.75, 3.05) is 51.7 Å². The highest BCUT2D eigenvalue weighted by Crippen LogP contribution is 2.55. The molecule has 58 heavy (non-hydrogen) atoms. The van der Waals surface area contributed by atoms with Gasteiger partial charge in [0.2, 0.25) is 24.1 Å². The highest BCUT2D eigenvalue weighted by Gasteiger charge is 2.71. The lowest BCUT2D eigenvalue weighted by Crippen LogP contribution is -2.80. The molecule has 0 aliphatic heterocycles. The predicted octanol–water partition coefficient (Wildman–Crippen LogP) is 1.38. The number of aliphatic hydroxyl groups excluding tert-OH is 2. The number of aromatic hydroxyl groups is 1. The third-order valence-electron chi connectivity index (χ3n) is 10.5. The number of nitrogens with two attached hydrogens (primary N) is 2. The van der Waals surface area contributed by atoms with Gasteiger partial charge in [0, 0.05) is 30.9 Å². The summed E-state index contributed by atoms with van der Waals surface area (Å²) < 4.78 is 37.7. The summed E-state index contributed by atoms with van der Waals surface area (Å²) in [5, 5.41) is 49.1. The first-order chi connectivity index (χ1) is 26.8. The van der Waals surface area contributed by atoms with E-state index in [-0.39, 0.29) is 29.7 Å². The number of halogens is 2. The van der Waals surface area contributed by atoms with Gasteiger partial charge in [-0.1, -0.05) is 6.07 Å². The van der Waals surface area contributed by atoms with Gasteiger partial charge in [-0.2, -0.15) is 0 Å². The van der Waals surface area contributed by atoms with Crippen molar-refractivity contribution < 1.29 is 67.4 Å². The second-order valence-corrected chi connectivity index (χ2v) is 15.7. The molecule has 2 aromatic carbocycles. The van der Waals surface area contributed by atoms with E-state index in [2.05, 4.69) is 5.32 Å². The monoisotopic (exact) mass is 814 g/mol. The van der Waals surface area contributed by atoms with E-state index in [1.165, 1.54) is 45.8 Å². The first-order valence-corrected chi connectivity index (χ1v) is 17.7. The van der Waals surface area contributed by atoms with Crippen LogP contribution < -0.4 is 21.7 Å². The van der Waals surface area contributed by atoms with E-state index >= 15 is 0 Å². The first-order valence-electron chi connectivity index (χ1n) is 17.7. The Morgan fingerprint density at radius 2 is 1.62 bits per heavy atom. The Hall–Kier alpha value is -6.12. The number of carbonyl (C=O) groups is 6. The van der Waals surface area contributed by atoms with Crippen LogP contribution in [-0.2, 0) is 35.1 Å². The van der Waals surface area contributed by atoms with Crippen molar-refractivity contribution in [3.05, 3.63) is 69.5 Å². The number of hydrogen-bond donors (Lipinski definition) is 7. The Labute approximate surface area is 330 Å². The Kier molecular flexibility index (Phi) is 11.1. The molecule has 9 N–H and O–H groups in total. The molecule has 1 saturated carbocycles. The second kappa shape index (κ2) is 15.0. The number of phenolic OH excluding ortho intramolecular Hbond substituents is 1. The van der Waals surface area contributed by atoms with Crippen LogP contribution in [0.2, 0.25) is 0 Å². The summed E-state index contributed by atoms with van der Waals surface area (Å²) in [6, 6.07) is 2.53. The van der Waals surface area contributed by atoms with Gasteiger partial charge < -0.3 is 51.6 Å². The number of likely N-dealkylation sites (N-methyl/N-ethyl adjacent to an activating group) is 1. The summed E-state index contributed by atoms with van der Waals surface area (Å²) in [6.45, 7) is 2.81. The number of primary amides is 1. The van der Waals surface area contributed by atoms with Gasteiger partial charge in [0.1, 0.15) is 40.8 Å². The molecule has 312 valence electrons. The zero-order valence-corrected chi connectivity index (χ0v) is 32.6. The summed E-state index contributed by atoms with van der Waals surface area (Å²) in [5.41, 5.74) is 3.08. The highest BCUT2D eigenvalue weighted by molar-refractivity contribution is 6.25. The fourth-order valence-electron chi connectivity index (χ4n) is 7.88. The van der Waals surface area contributed by atoms with Gasteiger partial charge in [-0.05, 0) is 77.4 Å². The summed E-state index contributed by atoms with van der Waals surface area (Å²) >= 11 is 0. The molecule has 18 nitrogen and oxygen atoms in total. The van der Waals surface area contributed by atoms with Crippen molar-refractivity contribution in [3.63, 3.8) is 0 Å². The molecule has 0 spiro atoms. The maximum Gasteiger partial charge on any atom is 0.413 e. The molecule has 4 atom stereocenters. The van der Waals surface area contributed by atoms with Crippen molar-refractivity contribution >= 4 is 52.6 Å². The number of carbonyl (C=O) groups excluding carboxylic acids is 6. The summed E-state index contributed by atoms with van der Waals surface area (Å²) in [6.07, 6.45) is -1.67. The number of aliphatic hydroxyl groups is 3. The van der Waals surface area contributed by atoms with E-state index in [0.29, 0.717) is 5.69 Å². The molecule has 0 radical (unpaired) electrons. The lowest BCUT2D eigenvalue weighted by atomic mass is 9.53. The molecule has 0 unspecified atom stereocenters. The molecule has 0 heterocycles. The van der Waals surface area contributed by atoms with Crippen LogP contribution in [0.3, 0.4) is 0 Å². The minimum absolute atomic E-state index is 0.107. The Morgan fingerprint density at radius 3 is 2.16 bits per heavy atom. The molecule has 2 aromatic rings. The number of amides is 3. The number of phenols is 1. The molecule has 1 fully saturated rings. The number of rotatable bonds is 9. The van der Waals surface area contributed by atoms with E-state index in [4.69, 9.17) is 20.9 Å². The van der Waals surface area contributed by atoms with Crippen LogP contribution in [0.25, 0.3) is 5.76 Å². The van der Waals surface area contributed by atoms with Gasteiger partial charge in [-0.15, -0.1) is 0 Å². The molecule has 20 heteroatoms. The van der Waals surface area contributed by atoms with E-state index in [1.54, 1.807) is 19.0 Å². The Bertz CT molecular complexity index is 2200. The number of hydrogen-bond acceptors (Lipinski definition) is 15. The number of ketones is 2. The van der Waals surface area contributed by atoms with E-state index in [9.17, 15) is 58.0 Å². The average molecular weight is 815 g/mol. The fraction of sp³-hybridized carbons (Fsp3) is 0.421. The topological polar surface area (TPSA) is 276 Å². The minimum Gasteiger partial charge on any atom is -0.508 e. The van der Waals surface area contributed by atoms with Crippen molar-refractivity contribution in [1.82, 2.24) is 9.80 Å². The zero-order valence-electron chi connectivity index (χ0n) is 32.6. The lowest BCUT2D eigenvalue weighted by molar-refractivity contribution is -0.157. The first kappa shape index (κ1) is 43.0. The number of benzene rings is 2. The van der Waals surface area contributed by atoms with Crippen LogP contribution in [0.1, 0.15) is 48.7 Å². The molecule has 0 bridgehead atoms. The Balaban J connectivity index is 1.47. The third kappa shape index (κ3) is 6.85. The van der Waals surface area contributed by atoms with Crippen LogP contribution in [0.4, 0.5) is 25.0 Å². The van der Waals surface area contributed by atoms with Crippen LogP contribution in [0.5, 0.6) is 5.75 Å². The van der Waals surface area contributed by atoms with Crippen molar-refractivity contribution in [1.29, 1.82) is 0 Å². The predicted molar refractivity (Wildman–Crippen MR) is 200 cm³/mol. The maximum absolute atomic E-state index is 14.4. The highest BCUT2D eigenvalue weighted by atomic mass is 19.1. The number of Topliss-reactive ketones (excluding diaryl/α,β-unsaturated/α-hetero) is 2. The number of nitrogens with zero attached hydrogens (tertiary/aromatic N) is 3. The second-order valence-electron chi connectivity index (χ2n) is 15.7. The molecule has 0 aromatic heterocycles. The van der Waals surface area contributed by atoms with Gasteiger partial charge in [-0.3, -0.25) is 29.0 Å². The smallest absolute Gasteiger partial charge is 0.413 e.